The van der Waals surface area contributed by atoms with Gasteiger partial charge in [0.1, 0.15) is 4.88 Å². The summed E-state index contributed by atoms with van der Waals surface area (Å²) in [5.41, 5.74) is -1.59. The van der Waals surface area contributed by atoms with Gasteiger partial charge in [-0.1, -0.05) is 0 Å². The van der Waals surface area contributed by atoms with E-state index in [0.29, 0.717) is 0 Å². The number of sulfonamides is 1. The molecule has 2 aromatic rings. The molecule has 0 radical (unpaired) electrons. The Hall–Kier alpha value is -2.32. The van der Waals surface area contributed by atoms with E-state index in [2.05, 4.69) is 10.2 Å². The summed E-state index contributed by atoms with van der Waals surface area (Å²) in [6, 6.07) is 1.19. The van der Waals surface area contributed by atoms with E-state index in [4.69, 9.17) is 0 Å². The maximum Gasteiger partial charge on any atom is 0.416 e. The fourth-order valence-corrected chi connectivity index (χ4v) is 3.61. The van der Waals surface area contributed by atoms with Crippen molar-refractivity contribution in [2.45, 2.75) is 17.2 Å². The Morgan fingerprint density at radius 2 is 1.57 bits per heavy atom. The van der Waals surface area contributed by atoms with E-state index in [9.17, 15) is 39.6 Å². The van der Waals surface area contributed by atoms with E-state index in [1.165, 1.54) is 11.4 Å². The molecule has 1 heterocycles. The van der Waals surface area contributed by atoms with Crippen LogP contribution >= 0.6 is 11.3 Å². The molecule has 28 heavy (non-hydrogen) atoms. The molecule has 1 aromatic heterocycles. The summed E-state index contributed by atoms with van der Waals surface area (Å²) in [6.45, 7) is 0. The summed E-state index contributed by atoms with van der Waals surface area (Å²) >= 11 is 0.871. The Labute approximate surface area is 158 Å². The van der Waals surface area contributed by atoms with Crippen LogP contribution in [0.5, 0.6) is 0 Å². The van der Waals surface area contributed by atoms with E-state index in [1.54, 1.807) is 4.83 Å². The molecule has 1 aromatic carbocycles. The standard InChI is InChI=1S/C14H10F6N2O4S2/c1-26-12(23)11-10(2-3-27-11)21-22-28(24,25)9-5-7(13(15,16)17)4-8(6-9)14(18,19)20/h2-6,21-22H,1H3. The van der Waals surface area contributed by atoms with Gasteiger partial charge in [-0.05, 0) is 29.6 Å². The Morgan fingerprint density at radius 3 is 2.04 bits per heavy atom. The number of alkyl halides is 6. The minimum absolute atomic E-state index is 0.0636. The molecule has 0 bridgehead atoms. The number of nitrogens with one attached hydrogen (secondary N) is 2. The van der Waals surface area contributed by atoms with E-state index in [1.807, 2.05) is 0 Å². The number of anilines is 1. The van der Waals surface area contributed by atoms with Crippen LogP contribution in [0.3, 0.4) is 0 Å². The molecule has 0 saturated heterocycles. The van der Waals surface area contributed by atoms with Gasteiger partial charge in [-0.2, -0.15) is 26.3 Å². The summed E-state index contributed by atoms with van der Waals surface area (Å²) in [5.74, 6) is -0.824. The molecule has 6 nitrogen and oxygen atoms in total. The summed E-state index contributed by atoms with van der Waals surface area (Å²) in [6.07, 6.45) is -10.4. The zero-order chi connectivity index (χ0) is 21.3. The zero-order valence-corrected chi connectivity index (χ0v) is 15.2. The highest BCUT2D eigenvalue weighted by Crippen LogP contribution is 2.37. The van der Waals surface area contributed by atoms with Crippen molar-refractivity contribution in [2.75, 3.05) is 12.5 Å². The highest BCUT2D eigenvalue weighted by atomic mass is 32.2. The molecule has 0 aliphatic carbocycles. The van der Waals surface area contributed by atoms with E-state index in [0.717, 1.165) is 18.4 Å². The van der Waals surface area contributed by atoms with Crippen LogP contribution in [0, 0.1) is 0 Å². The number of hydrazine groups is 1. The summed E-state index contributed by atoms with van der Waals surface area (Å²) in [7, 11) is -3.79. The van der Waals surface area contributed by atoms with E-state index in [-0.39, 0.29) is 28.8 Å². The SMILES string of the molecule is COC(=O)c1sccc1NNS(=O)(=O)c1cc(C(F)(F)F)cc(C(F)(F)F)c1. The predicted molar refractivity (Wildman–Crippen MR) is 86.0 cm³/mol. The third kappa shape index (κ3) is 4.94. The molecule has 154 valence electrons. The van der Waals surface area contributed by atoms with Gasteiger partial charge in [-0.3, -0.25) is 0 Å². The molecule has 2 rings (SSSR count). The van der Waals surface area contributed by atoms with Gasteiger partial charge in [0.05, 0.1) is 28.8 Å². The number of carbonyl (C=O) groups is 1. The van der Waals surface area contributed by atoms with Crippen LogP contribution in [0.4, 0.5) is 32.0 Å². The number of hydrogen-bond donors (Lipinski definition) is 2. The lowest BCUT2D eigenvalue weighted by Crippen LogP contribution is -2.30. The minimum atomic E-state index is -5.20. The molecule has 0 aliphatic rings. The number of ether oxygens (including phenoxy) is 1. The maximum absolute atomic E-state index is 12.9. The van der Waals surface area contributed by atoms with Crippen molar-refractivity contribution < 1.29 is 44.3 Å². The topological polar surface area (TPSA) is 84.5 Å². The molecule has 2 N–H and O–H groups in total. The maximum atomic E-state index is 12.9. The average Bonchev–Trinajstić information content (AvgIpc) is 3.06. The Morgan fingerprint density at radius 1 is 1.04 bits per heavy atom. The molecule has 0 fully saturated rings. The predicted octanol–water partition coefficient (Wildman–Crippen LogP) is 3.88. The van der Waals surface area contributed by atoms with Crippen LogP contribution in [0.2, 0.25) is 0 Å². The van der Waals surface area contributed by atoms with Gasteiger partial charge >= 0.3 is 18.3 Å². The van der Waals surface area contributed by atoms with Crippen LogP contribution in [-0.2, 0) is 27.1 Å². The van der Waals surface area contributed by atoms with Gasteiger partial charge in [0, 0.05) is 0 Å². The molecule has 0 unspecified atom stereocenters. The smallest absolute Gasteiger partial charge is 0.416 e. The number of rotatable bonds is 5. The number of benzene rings is 1. The molecule has 0 spiro atoms. The first-order chi connectivity index (χ1) is 12.8. The monoisotopic (exact) mass is 448 g/mol. The second kappa shape index (κ2) is 7.60. The first-order valence-corrected chi connectivity index (χ1v) is 9.35. The third-order valence-corrected chi connectivity index (χ3v) is 5.35. The van der Waals surface area contributed by atoms with Gasteiger partial charge in [0.2, 0.25) is 0 Å². The van der Waals surface area contributed by atoms with Crippen molar-refractivity contribution >= 4 is 33.0 Å². The fourth-order valence-electron chi connectivity index (χ4n) is 1.92. The molecule has 14 heteroatoms. The number of carbonyl (C=O) groups excluding carboxylic acids is 1. The molecular formula is C14H10F6N2O4S2. The molecule has 0 aliphatic heterocycles. The van der Waals surface area contributed by atoms with Crippen LogP contribution < -0.4 is 10.3 Å². The van der Waals surface area contributed by atoms with Crippen LogP contribution in [0.15, 0.2) is 34.5 Å². The lowest BCUT2D eigenvalue weighted by molar-refractivity contribution is -0.143. The van der Waals surface area contributed by atoms with Crippen molar-refractivity contribution in [3.63, 3.8) is 0 Å². The zero-order valence-electron chi connectivity index (χ0n) is 13.6. The minimum Gasteiger partial charge on any atom is -0.465 e. The van der Waals surface area contributed by atoms with Gasteiger partial charge in [0.15, 0.2) is 0 Å². The Kier molecular flexibility index (Phi) is 5.96. The first kappa shape index (κ1) is 22.0. The Balaban J connectivity index is 2.40. The van der Waals surface area contributed by atoms with Crippen molar-refractivity contribution in [2.24, 2.45) is 0 Å². The lowest BCUT2D eigenvalue weighted by Gasteiger charge is -2.15. The van der Waals surface area contributed by atoms with Crippen molar-refractivity contribution in [3.8, 4) is 0 Å². The van der Waals surface area contributed by atoms with E-state index < -0.39 is 44.4 Å². The second-order valence-corrected chi connectivity index (χ2v) is 7.73. The van der Waals surface area contributed by atoms with Crippen molar-refractivity contribution in [1.29, 1.82) is 0 Å². The largest absolute Gasteiger partial charge is 0.465 e. The summed E-state index contributed by atoms with van der Waals surface area (Å²) in [4.78, 5) is 11.8. The lowest BCUT2D eigenvalue weighted by atomic mass is 10.1. The third-order valence-electron chi connectivity index (χ3n) is 3.23. The number of methoxy groups -OCH3 is 1. The molecule has 0 atom stereocenters. The fraction of sp³-hybridized carbons (Fsp3) is 0.214. The molecule has 0 amide bonds. The normalized spacial score (nSPS) is 12.7. The first-order valence-electron chi connectivity index (χ1n) is 6.99. The number of thiophene rings is 1. The van der Waals surface area contributed by atoms with Crippen LogP contribution in [0.1, 0.15) is 20.8 Å². The van der Waals surface area contributed by atoms with Gasteiger partial charge < -0.3 is 10.2 Å². The summed E-state index contributed by atoms with van der Waals surface area (Å²) < 4.78 is 106. The van der Waals surface area contributed by atoms with E-state index >= 15 is 0 Å². The molecule has 0 saturated carbocycles. The average molecular weight is 448 g/mol. The number of halogens is 6. The van der Waals surface area contributed by atoms with Crippen molar-refractivity contribution in [1.82, 2.24) is 4.83 Å². The molecular weight excluding hydrogens is 438 g/mol. The van der Waals surface area contributed by atoms with Gasteiger partial charge in [-0.25, -0.2) is 13.2 Å². The van der Waals surface area contributed by atoms with Gasteiger partial charge in [0.25, 0.3) is 10.0 Å². The van der Waals surface area contributed by atoms with Crippen molar-refractivity contribution in [3.05, 3.63) is 45.6 Å². The second-order valence-electron chi connectivity index (χ2n) is 5.13. The number of hydrogen-bond acceptors (Lipinski definition) is 6. The summed E-state index contributed by atoms with van der Waals surface area (Å²) in [5, 5.41) is 1.38. The van der Waals surface area contributed by atoms with Crippen LogP contribution in [0.25, 0.3) is 0 Å². The van der Waals surface area contributed by atoms with Crippen LogP contribution in [-0.4, -0.2) is 21.5 Å². The highest BCUT2D eigenvalue weighted by molar-refractivity contribution is 7.89. The van der Waals surface area contributed by atoms with Gasteiger partial charge in [-0.15, -0.1) is 16.2 Å². The highest BCUT2D eigenvalue weighted by Gasteiger charge is 2.38. The number of esters is 1. The quantitative estimate of drug-likeness (QED) is 0.412. The Bertz CT molecular complexity index is 950.